The predicted molar refractivity (Wildman–Crippen MR) is 65.3 cm³/mol. The zero-order valence-corrected chi connectivity index (χ0v) is 9.97. The van der Waals surface area contributed by atoms with Gasteiger partial charge in [-0.1, -0.05) is 29.3 Å². The number of ether oxygens (including phenoxy) is 1. The molecule has 0 saturated carbocycles. The van der Waals surface area contributed by atoms with Gasteiger partial charge in [-0.05, 0) is 35.0 Å². The summed E-state index contributed by atoms with van der Waals surface area (Å²) in [4.78, 5) is 11.3. The van der Waals surface area contributed by atoms with Crippen molar-refractivity contribution in [1.82, 2.24) is 0 Å². The highest BCUT2D eigenvalue weighted by Crippen LogP contribution is 2.28. The van der Waals surface area contributed by atoms with E-state index in [1.807, 2.05) is 6.07 Å². The maximum Gasteiger partial charge on any atom is 0.337 e. The number of carbonyl (C=O) groups is 1. The molecule has 16 heavy (non-hydrogen) atoms. The third-order valence-corrected chi connectivity index (χ3v) is 3.02. The number of rotatable bonds is 1. The zero-order chi connectivity index (χ0) is 11.7. The van der Waals surface area contributed by atoms with E-state index in [2.05, 4.69) is 4.74 Å². The van der Waals surface area contributed by atoms with Crippen molar-refractivity contribution in [2.45, 2.75) is 0 Å². The van der Waals surface area contributed by atoms with Crippen LogP contribution in [0, 0.1) is 0 Å². The lowest BCUT2D eigenvalue weighted by molar-refractivity contribution is 0.0601. The van der Waals surface area contributed by atoms with E-state index >= 15 is 0 Å². The van der Waals surface area contributed by atoms with Crippen LogP contribution >= 0.6 is 23.2 Å². The van der Waals surface area contributed by atoms with Crippen molar-refractivity contribution in [2.75, 3.05) is 7.11 Å². The maximum atomic E-state index is 11.3. The van der Waals surface area contributed by atoms with E-state index in [1.165, 1.54) is 7.11 Å². The van der Waals surface area contributed by atoms with Crippen molar-refractivity contribution >= 4 is 39.9 Å². The minimum absolute atomic E-state index is 0.368. The van der Waals surface area contributed by atoms with Crippen LogP contribution in [0.1, 0.15) is 10.4 Å². The SMILES string of the molecule is COC(=O)c1ccc2cc(Cl)c(Cl)cc2c1. The van der Waals surface area contributed by atoms with Crippen LogP contribution in [0.4, 0.5) is 0 Å². The molecule has 0 N–H and O–H groups in total. The van der Waals surface area contributed by atoms with Crippen molar-refractivity contribution < 1.29 is 9.53 Å². The maximum absolute atomic E-state index is 11.3. The summed E-state index contributed by atoms with van der Waals surface area (Å²) in [5, 5.41) is 2.76. The number of esters is 1. The van der Waals surface area contributed by atoms with Crippen LogP contribution in [0.25, 0.3) is 10.8 Å². The van der Waals surface area contributed by atoms with Gasteiger partial charge in [0.15, 0.2) is 0 Å². The van der Waals surface area contributed by atoms with Crippen LogP contribution in [0.15, 0.2) is 30.3 Å². The van der Waals surface area contributed by atoms with Gasteiger partial charge in [0.05, 0.1) is 22.7 Å². The molecule has 0 heterocycles. The summed E-state index contributed by atoms with van der Waals surface area (Å²) in [7, 11) is 1.35. The molecular formula is C12H8Cl2O2. The highest BCUT2D eigenvalue weighted by Gasteiger charge is 2.07. The Labute approximate surface area is 103 Å². The molecule has 4 heteroatoms. The first-order valence-electron chi connectivity index (χ1n) is 4.59. The Hall–Kier alpha value is -1.25. The summed E-state index contributed by atoms with van der Waals surface area (Å²) < 4.78 is 4.64. The molecule has 0 aromatic heterocycles. The second kappa shape index (κ2) is 4.32. The lowest BCUT2D eigenvalue weighted by atomic mass is 10.1. The van der Waals surface area contributed by atoms with Crippen LogP contribution in [0.3, 0.4) is 0 Å². The summed E-state index contributed by atoms with van der Waals surface area (Å²) in [6.45, 7) is 0. The lowest BCUT2D eigenvalue weighted by Gasteiger charge is -2.03. The normalized spacial score (nSPS) is 10.4. The molecule has 0 aliphatic heterocycles. The highest BCUT2D eigenvalue weighted by molar-refractivity contribution is 6.42. The summed E-state index contributed by atoms with van der Waals surface area (Å²) in [6, 6.07) is 8.72. The molecule has 0 unspecified atom stereocenters. The molecule has 2 aromatic rings. The Balaban J connectivity index is 2.62. The molecule has 0 fully saturated rings. The molecule has 0 aliphatic rings. The number of hydrogen-bond acceptors (Lipinski definition) is 2. The van der Waals surface area contributed by atoms with Gasteiger partial charge in [-0.25, -0.2) is 4.79 Å². The van der Waals surface area contributed by atoms with E-state index in [-0.39, 0.29) is 5.97 Å². The molecule has 0 saturated heterocycles. The van der Waals surface area contributed by atoms with Gasteiger partial charge in [0.1, 0.15) is 0 Å². The van der Waals surface area contributed by atoms with E-state index < -0.39 is 0 Å². The van der Waals surface area contributed by atoms with Gasteiger partial charge in [-0.3, -0.25) is 0 Å². The number of hydrogen-bond donors (Lipinski definition) is 0. The summed E-state index contributed by atoms with van der Waals surface area (Å²) >= 11 is 11.8. The fourth-order valence-electron chi connectivity index (χ4n) is 1.49. The van der Waals surface area contributed by atoms with E-state index in [9.17, 15) is 4.79 Å². The van der Waals surface area contributed by atoms with Crippen LogP contribution < -0.4 is 0 Å². The fraction of sp³-hybridized carbons (Fsp3) is 0.0833. The number of benzene rings is 2. The second-order valence-corrected chi connectivity index (χ2v) is 4.13. The number of fused-ring (bicyclic) bond motifs is 1. The molecule has 0 amide bonds. The first kappa shape index (κ1) is 11.2. The summed E-state index contributed by atoms with van der Waals surface area (Å²) in [6.07, 6.45) is 0. The molecule has 0 atom stereocenters. The van der Waals surface area contributed by atoms with Crippen LogP contribution in [0.2, 0.25) is 10.0 Å². The largest absolute Gasteiger partial charge is 0.465 e. The molecule has 0 radical (unpaired) electrons. The van der Waals surface area contributed by atoms with Gasteiger partial charge >= 0.3 is 5.97 Å². The molecule has 82 valence electrons. The van der Waals surface area contributed by atoms with Gasteiger partial charge in [-0.15, -0.1) is 0 Å². The van der Waals surface area contributed by atoms with Crippen LogP contribution in [-0.2, 0) is 4.74 Å². The Morgan fingerprint density at radius 1 is 1.06 bits per heavy atom. The average Bonchev–Trinajstić information content (AvgIpc) is 2.29. The zero-order valence-electron chi connectivity index (χ0n) is 8.46. The number of methoxy groups -OCH3 is 1. The molecule has 2 nitrogen and oxygen atoms in total. The third kappa shape index (κ3) is 1.99. The Morgan fingerprint density at radius 3 is 2.31 bits per heavy atom. The predicted octanol–water partition coefficient (Wildman–Crippen LogP) is 3.93. The lowest BCUT2D eigenvalue weighted by Crippen LogP contribution is -2.00. The number of halogens is 2. The fourth-order valence-corrected chi connectivity index (χ4v) is 1.83. The average molecular weight is 255 g/mol. The monoisotopic (exact) mass is 254 g/mol. The van der Waals surface area contributed by atoms with Crippen molar-refractivity contribution in [3.63, 3.8) is 0 Å². The summed E-state index contributed by atoms with van der Waals surface area (Å²) in [5.41, 5.74) is 0.494. The molecular weight excluding hydrogens is 247 g/mol. The smallest absolute Gasteiger partial charge is 0.337 e. The quantitative estimate of drug-likeness (QED) is 0.721. The van der Waals surface area contributed by atoms with Gasteiger partial charge in [0.2, 0.25) is 0 Å². The Bertz CT molecular complexity index is 564. The third-order valence-electron chi connectivity index (χ3n) is 2.30. The minimum atomic E-state index is -0.368. The molecule has 0 bridgehead atoms. The molecule has 0 spiro atoms. The van der Waals surface area contributed by atoms with Gasteiger partial charge in [-0.2, -0.15) is 0 Å². The van der Waals surface area contributed by atoms with Crippen molar-refractivity contribution in [1.29, 1.82) is 0 Å². The second-order valence-electron chi connectivity index (χ2n) is 3.32. The van der Waals surface area contributed by atoms with Gasteiger partial charge in [0, 0.05) is 0 Å². The molecule has 0 aliphatic carbocycles. The minimum Gasteiger partial charge on any atom is -0.465 e. The Morgan fingerprint density at radius 2 is 1.69 bits per heavy atom. The van der Waals surface area contributed by atoms with Gasteiger partial charge in [0.25, 0.3) is 0 Å². The standard InChI is InChI=1S/C12H8Cl2O2/c1-16-12(15)8-3-2-7-5-10(13)11(14)6-9(7)4-8/h2-6H,1H3. The van der Waals surface area contributed by atoms with E-state index in [0.29, 0.717) is 15.6 Å². The van der Waals surface area contributed by atoms with E-state index in [1.54, 1.807) is 24.3 Å². The van der Waals surface area contributed by atoms with Gasteiger partial charge < -0.3 is 4.74 Å². The number of carbonyl (C=O) groups excluding carboxylic acids is 1. The topological polar surface area (TPSA) is 26.3 Å². The molecule has 2 rings (SSSR count). The van der Waals surface area contributed by atoms with Crippen molar-refractivity contribution in [2.24, 2.45) is 0 Å². The van der Waals surface area contributed by atoms with E-state index in [4.69, 9.17) is 23.2 Å². The summed E-state index contributed by atoms with van der Waals surface area (Å²) in [5.74, 6) is -0.368. The molecule has 2 aromatic carbocycles. The first-order chi connectivity index (χ1) is 7.61. The highest BCUT2D eigenvalue weighted by atomic mass is 35.5. The van der Waals surface area contributed by atoms with Crippen molar-refractivity contribution in [3.05, 3.63) is 45.9 Å². The van der Waals surface area contributed by atoms with Crippen LogP contribution in [0.5, 0.6) is 0 Å². The van der Waals surface area contributed by atoms with Crippen molar-refractivity contribution in [3.8, 4) is 0 Å². The van der Waals surface area contributed by atoms with Crippen LogP contribution in [-0.4, -0.2) is 13.1 Å². The Kier molecular flexibility index (Phi) is 3.03. The first-order valence-corrected chi connectivity index (χ1v) is 5.34. The van der Waals surface area contributed by atoms with E-state index in [0.717, 1.165) is 10.8 Å².